The molecule has 0 spiro atoms. The zero-order chi connectivity index (χ0) is 22.2. The van der Waals surface area contributed by atoms with E-state index >= 15 is 0 Å². The van der Waals surface area contributed by atoms with Crippen LogP contribution in [-0.2, 0) is 20.7 Å². The number of nitrogens with zero attached hydrogens (tertiary/aromatic N) is 2. The minimum Gasteiger partial charge on any atom is -0.463 e. The van der Waals surface area contributed by atoms with E-state index in [9.17, 15) is 9.18 Å². The average Bonchev–Trinajstić information content (AvgIpc) is 3.15. The van der Waals surface area contributed by atoms with E-state index in [2.05, 4.69) is 23.8 Å². The van der Waals surface area contributed by atoms with Crippen LogP contribution in [0.15, 0.2) is 58.6 Å². The number of carbonyl (C=O) groups excluding carboxylic acids is 1. The van der Waals surface area contributed by atoms with Gasteiger partial charge < -0.3 is 14.5 Å². The lowest BCUT2D eigenvalue weighted by molar-refractivity contribution is -0.143. The number of ether oxygens (including phenoxy) is 2. The van der Waals surface area contributed by atoms with Crippen molar-refractivity contribution in [2.75, 3.05) is 13.2 Å². The van der Waals surface area contributed by atoms with Gasteiger partial charge in [-0.3, -0.25) is 9.78 Å². The molecule has 0 aliphatic rings. The van der Waals surface area contributed by atoms with E-state index in [-0.39, 0.29) is 30.9 Å². The van der Waals surface area contributed by atoms with Crippen LogP contribution in [0.3, 0.4) is 0 Å². The SMILES string of the molecule is CC(=O)OCCOC(Cc1ccccn1)c1nc(C(C)C)c(Sc2cccc(F)c2)[nH]1. The second kappa shape index (κ2) is 11.1. The van der Waals surface area contributed by atoms with Gasteiger partial charge in [-0.2, -0.15) is 0 Å². The zero-order valence-electron chi connectivity index (χ0n) is 17.8. The molecule has 0 saturated carbocycles. The van der Waals surface area contributed by atoms with Crippen LogP contribution in [-0.4, -0.2) is 34.1 Å². The number of carbonyl (C=O) groups is 1. The minimum atomic E-state index is -0.398. The Labute approximate surface area is 185 Å². The second-order valence-corrected chi connectivity index (χ2v) is 8.36. The van der Waals surface area contributed by atoms with Crippen molar-refractivity contribution in [3.05, 3.63) is 71.7 Å². The second-order valence-electron chi connectivity index (χ2n) is 7.28. The lowest BCUT2D eigenvalue weighted by atomic mass is 10.1. The van der Waals surface area contributed by atoms with E-state index in [0.29, 0.717) is 12.2 Å². The molecule has 2 heterocycles. The van der Waals surface area contributed by atoms with Crippen molar-refractivity contribution >= 4 is 17.7 Å². The van der Waals surface area contributed by atoms with Crippen LogP contribution in [0.5, 0.6) is 0 Å². The predicted octanol–water partition coefficient (Wildman–Crippen LogP) is 5.08. The quantitative estimate of drug-likeness (QED) is 0.348. The Balaban J connectivity index is 1.84. The summed E-state index contributed by atoms with van der Waals surface area (Å²) in [5, 5.41) is 0.852. The van der Waals surface area contributed by atoms with Gasteiger partial charge in [0.2, 0.25) is 0 Å². The smallest absolute Gasteiger partial charge is 0.302 e. The normalized spacial score (nSPS) is 12.2. The summed E-state index contributed by atoms with van der Waals surface area (Å²) >= 11 is 1.43. The topological polar surface area (TPSA) is 77.1 Å². The number of aromatic nitrogens is 3. The zero-order valence-corrected chi connectivity index (χ0v) is 18.6. The maximum absolute atomic E-state index is 13.6. The Kier molecular flexibility index (Phi) is 8.20. The third kappa shape index (κ3) is 6.90. The molecule has 164 valence electrons. The molecular formula is C23H26FN3O3S. The van der Waals surface area contributed by atoms with Crippen molar-refractivity contribution in [3.8, 4) is 0 Å². The standard InChI is InChI=1S/C23H26FN3O3S/c1-15(2)21-23(31-19-9-6-7-17(24)13-19)27-22(26-21)20(30-12-11-29-16(3)28)14-18-8-4-5-10-25-18/h4-10,13,15,20H,11-12,14H2,1-3H3,(H,26,27). The van der Waals surface area contributed by atoms with Crippen molar-refractivity contribution in [1.82, 2.24) is 15.0 Å². The van der Waals surface area contributed by atoms with Crippen LogP contribution in [0, 0.1) is 5.82 Å². The maximum atomic E-state index is 13.6. The van der Waals surface area contributed by atoms with Gasteiger partial charge in [-0.05, 0) is 36.2 Å². The first-order chi connectivity index (χ1) is 14.9. The van der Waals surface area contributed by atoms with Crippen molar-refractivity contribution < 1.29 is 18.7 Å². The number of benzene rings is 1. The van der Waals surface area contributed by atoms with Gasteiger partial charge in [0.15, 0.2) is 0 Å². The summed E-state index contributed by atoms with van der Waals surface area (Å²) in [4.78, 5) is 24.4. The molecule has 1 atom stereocenters. The maximum Gasteiger partial charge on any atom is 0.302 e. The van der Waals surface area contributed by atoms with Crippen LogP contribution < -0.4 is 0 Å². The lowest BCUT2D eigenvalue weighted by Gasteiger charge is -2.15. The molecule has 2 aromatic heterocycles. The Morgan fingerprint density at radius 2 is 2.03 bits per heavy atom. The molecule has 0 bridgehead atoms. The molecule has 0 radical (unpaired) electrons. The van der Waals surface area contributed by atoms with Crippen molar-refractivity contribution in [2.45, 2.75) is 49.1 Å². The van der Waals surface area contributed by atoms with Gasteiger partial charge in [-0.25, -0.2) is 9.37 Å². The summed E-state index contributed by atoms with van der Waals surface area (Å²) in [6.07, 6.45) is 1.85. The molecule has 3 aromatic rings. The number of hydrogen-bond acceptors (Lipinski definition) is 6. The molecule has 0 amide bonds. The highest BCUT2D eigenvalue weighted by molar-refractivity contribution is 7.99. The molecule has 6 nitrogen and oxygen atoms in total. The number of nitrogens with one attached hydrogen (secondary N) is 1. The lowest BCUT2D eigenvalue weighted by Crippen LogP contribution is -2.15. The predicted molar refractivity (Wildman–Crippen MR) is 116 cm³/mol. The third-order valence-corrected chi connectivity index (χ3v) is 5.42. The van der Waals surface area contributed by atoms with Gasteiger partial charge in [0.05, 0.1) is 12.3 Å². The van der Waals surface area contributed by atoms with E-state index in [4.69, 9.17) is 14.5 Å². The number of esters is 1. The van der Waals surface area contributed by atoms with Gasteiger partial charge in [0.25, 0.3) is 0 Å². The monoisotopic (exact) mass is 443 g/mol. The van der Waals surface area contributed by atoms with E-state index < -0.39 is 6.10 Å². The number of halogens is 1. The Bertz CT molecular complexity index is 995. The number of hydrogen-bond donors (Lipinski definition) is 1. The molecule has 1 aromatic carbocycles. The van der Waals surface area contributed by atoms with Crippen LogP contribution in [0.1, 0.15) is 50.0 Å². The number of rotatable bonds is 10. The summed E-state index contributed by atoms with van der Waals surface area (Å²) in [6.45, 7) is 5.89. The van der Waals surface area contributed by atoms with Gasteiger partial charge >= 0.3 is 5.97 Å². The van der Waals surface area contributed by atoms with Crippen LogP contribution in [0.4, 0.5) is 4.39 Å². The van der Waals surface area contributed by atoms with Crippen molar-refractivity contribution in [1.29, 1.82) is 0 Å². The minimum absolute atomic E-state index is 0.163. The number of imidazole rings is 1. The molecule has 3 rings (SSSR count). The Morgan fingerprint density at radius 3 is 2.71 bits per heavy atom. The molecule has 8 heteroatoms. The summed E-state index contributed by atoms with van der Waals surface area (Å²) in [7, 11) is 0. The fourth-order valence-corrected chi connectivity index (χ4v) is 4.07. The van der Waals surface area contributed by atoms with E-state index in [1.165, 1.54) is 30.8 Å². The molecule has 31 heavy (non-hydrogen) atoms. The molecular weight excluding hydrogens is 417 g/mol. The summed E-state index contributed by atoms with van der Waals surface area (Å²) in [6, 6.07) is 12.2. The van der Waals surface area contributed by atoms with Crippen molar-refractivity contribution in [2.24, 2.45) is 0 Å². The summed E-state index contributed by atoms with van der Waals surface area (Å²) < 4.78 is 24.6. The van der Waals surface area contributed by atoms with Crippen LogP contribution in [0.2, 0.25) is 0 Å². The Hall–Kier alpha value is -2.71. The number of H-pyrrole nitrogens is 1. The van der Waals surface area contributed by atoms with Gasteiger partial charge in [-0.15, -0.1) is 0 Å². The molecule has 0 fully saturated rings. The van der Waals surface area contributed by atoms with Crippen molar-refractivity contribution in [3.63, 3.8) is 0 Å². The fraction of sp³-hybridized carbons (Fsp3) is 0.348. The van der Waals surface area contributed by atoms with Gasteiger partial charge in [0, 0.05) is 30.1 Å². The molecule has 1 unspecified atom stereocenters. The summed E-state index contributed by atoms with van der Waals surface area (Å²) in [5.74, 6) is 0.199. The van der Waals surface area contributed by atoms with E-state index in [1.807, 2.05) is 24.3 Å². The number of aromatic amines is 1. The Morgan fingerprint density at radius 1 is 1.19 bits per heavy atom. The highest BCUT2D eigenvalue weighted by Gasteiger charge is 2.22. The van der Waals surface area contributed by atoms with E-state index in [0.717, 1.165) is 21.3 Å². The van der Waals surface area contributed by atoms with Crippen LogP contribution >= 0.6 is 11.8 Å². The van der Waals surface area contributed by atoms with Gasteiger partial charge in [-0.1, -0.05) is 37.7 Å². The fourth-order valence-electron chi connectivity index (χ4n) is 2.98. The van der Waals surface area contributed by atoms with Gasteiger partial charge in [0.1, 0.15) is 29.4 Å². The van der Waals surface area contributed by atoms with E-state index in [1.54, 1.807) is 12.3 Å². The highest BCUT2D eigenvalue weighted by atomic mass is 32.2. The first-order valence-corrected chi connectivity index (χ1v) is 10.9. The highest BCUT2D eigenvalue weighted by Crippen LogP contribution is 2.34. The third-order valence-electron chi connectivity index (χ3n) is 4.41. The summed E-state index contributed by atoms with van der Waals surface area (Å²) in [5.41, 5.74) is 1.75. The largest absolute Gasteiger partial charge is 0.463 e. The molecule has 1 N–H and O–H groups in total. The average molecular weight is 444 g/mol. The molecule has 0 saturated heterocycles. The molecule has 0 aliphatic carbocycles. The first-order valence-electron chi connectivity index (χ1n) is 10.1. The number of pyridine rings is 1. The molecule has 0 aliphatic heterocycles. The van der Waals surface area contributed by atoms with Crippen LogP contribution in [0.25, 0.3) is 0 Å². The first kappa shape index (κ1) is 23.0.